The minimum atomic E-state index is -0.299. The summed E-state index contributed by atoms with van der Waals surface area (Å²) in [6.45, 7) is 4.56. The molecule has 0 radical (unpaired) electrons. The molecule has 0 aliphatic carbocycles. The van der Waals surface area contributed by atoms with Crippen LogP contribution in [0, 0.1) is 12.8 Å². The molecule has 0 aromatic heterocycles. The van der Waals surface area contributed by atoms with E-state index in [-0.39, 0.29) is 23.9 Å². The smallest absolute Gasteiger partial charge is 0.312 e. The van der Waals surface area contributed by atoms with E-state index in [0.29, 0.717) is 17.3 Å². The van der Waals surface area contributed by atoms with E-state index in [0.717, 1.165) is 12.0 Å². The molecule has 0 saturated carbocycles. The number of fused-ring (bicyclic) bond motifs is 1. The lowest BCUT2D eigenvalue weighted by atomic mass is 10.0. The molecule has 0 spiro atoms. The lowest BCUT2D eigenvalue weighted by molar-refractivity contribution is -0.120. The Balaban J connectivity index is 2.00. The Morgan fingerprint density at radius 3 is 2.68 bits per heavy atom. The van der Waals surface area contributed by atoms with Crippen molar-refractivity contribution < 1.29 is 9.59 Å². The van der Waals surface area contributed by atoms with Crippen LogP contribution < -0.4 is 4.90 Å². The Hall–Kier alpha value is -1.55. The summed E-state index contributed by atoms with van der Waals surface area (Å²) in [4.78, 5) is 27.7. The molecule has 19 heavy (non-hydrogen) atoms. The van der Waals surface area contributed by atoms with Crippen molar-refractivity contribution in [2.75, 3.05) is 11.4 Å². The normalized spacial score (nSPS) is 26.3. The fourth-order valence-corrected chi connectivity index (χ4v) is 3.03. The van der Waals surface area contributed by atoms with E-state index in [1.807, 2.05) is 19.9 Å². The number of carbonyl (C=O) groups is 2. The number of amides is 3. The van der Waals surface area contributed by atoms with E-state index in [9.17, 15) is 9.59 Å². The Morgan fingerprint density at radius 1 is 1.32 bits per heavy atom. The highest BCUT2D eigenvalue weighted by molar-refractivity contribution is 6.32. The number of imide groups is 1. The molecule has 100 valence electrons. The Labute approximate surface area is 116 Å². The highest BCUT2D eigenvalue weighted by Gasteiger charge is 2.51. The van der Waals surface area contributed by atoms with Gasteiger partial charge < -0.3 is 4.90 Å². The van der Waals surface area contributed by atoms with Crippen molar-refractivity contribution in [1.29, 1.82) is 0 Å². The van der Waals surface area contributed by atoms with Gasteiger partial charge in [-0.05, 0) is 37.0 Å². The van der Waals surface area contributed by atoms with Crippen molar-refractivity contribution in [3.8, 4) is 0 Å². The second-order valence-electron chi connectivity index (χ2n) is 5.29. The number of hydrogen-bond donors (Lipinski definition) is 0. The molecule has 2 unspecified atom stereocenters. The minimum absolute atomic E-state index is 0.130. The number of benzene rings is 1. The molecule has 2 fully saturated rings. The van der Waals surface area contributed by atoms with Crippen LogP contribution in [0.4, 0.5) is 10.5 Å². The molecule has 1 aromatic carbocycles. The van der Waals surface area contributed by atoms with Gasteiger partial charge in [-0.1, -0.05) is 24.6 Å². The van der Waals surface area contributed by atoms with Gasteiger partial charge in [0.1, 0.15) is 6.04 Å². The first kappa shape index (κ1) is 12.5. The van der Waals surface area contributed by atoms with Crippen LogP contribution >= 0.6 is 11.6 Å². The molecule has 2 heterocycles. The minimum Gasteiger partial charge on any atom is -0.312 e. The average molecular weight is 279 g/mol. The number of nitrogens with zero attached hydrogens (tertiary/aromatic N) is 2. The predicted octanol–water partition coefficient (Wildman–Crippen LogP) is 2.83. The zero-order valence-electron chi connectivity index (χ0n) is 10.9. The third-order valence-corrected chi connectivity index (χ3v) is 4.43. The molecular formula is C14H15ClN2O2. The zero-order chi connectivity index (χ0) is 13.7. The summed E-state index contributed by atoms with van der Waals surface area (Å²) in [5.41, 5.74) is 1.49. The monoisotopic (exact) mass is 278 g/mol. The van der Waals surface area contributed by atoms with Crippen molar-refractivity contribution in [2.24, 2.45) is 5.92 Å². The first-order valence-electron chi connectivity index (χ1n) is 6.41. The number of carbonyl (C=O) groups excluding carboxylic acids is 2. The van der Waals surface area contributed by atoms with Crippen LogP contribution in [-0.2, 0) is 4.79 Å². The number of anilines is 1. The molecule has 0 N–H and O–H groups in total. The van der Waals surface area contributed by atoms with Crippen molar-refractivity contribution in [3.05, 3.63) is 28.8 Å². The van der Waals surface area contributed by atoms with Gasteiger partial charge in [-0.15, -0.1) is 0 Å². The summed E-state index contributed by atoms with van der Waals surface area (Å²) in [5, 5.41) is 0.568. The molecule has 5 heteroatoms. The second kappa shape index (κ2) is 4.23. The Morgan fingerprint density at radius 2 is 2.05 bits per heavy atom. The standard InChI is InChI=1S/C14H15ClN2O2/c1-8-3-4-10(7-11(8)15)17-13(18)12-9(2)5-6-16(12)14(17)19/h3-4,7,9,12H,5-6H2,1-2H3. The van der Waals surface area contributed by atoms with Crippen molar-refractivity contribution in [3.63, 3.8) is 0 Å². The highest BCUT2D eigenvalue weighted by atomic mass is 35.5. The third-order valence-electron chi connectivity index (χ3n) is 4.02. The lowest BCUT2D eigenvalue weighted by Gasteiger charge is -2.16. The van der Waals surface area contributed by atoms with Crippen molar-refractivity contribution in [2.45, 2.75) is 26.3 Å². The highest BCUT2D eigenvalue weighted by Crippen LogP contribution is 2.35. The summed E-state index contributed by atoms with van der Waals surface area (Å²) in [5.74, 6) is 0.0947. The number of urea groups is 1. The summed E-state index contributed by atoms with van der Waals surface area (Å²) < 4.78 is 0. The predicted molar refractivity (Wildman–Crippen MR) is 73.3 cm³/mol. The Kier molecular flexibility index (Phi) is 2.78. The van der Waals surface area contributed by atoms with Gasteiger partial charge in [0.05, 0.1) is 5.69 Å². The van der Waals surface area contributed by atoms with E-state index in [1.54, 1.807) is 17.0 Å². The van der Waals surface area contributed by atoms with Crippen LogP contribution in [0.1, 0.15) is 18.9 Å². The van der Waals surface area contributed by atoms with Crippen LogP contribution in [-0.4, -0.2) is 29.4 Å². The molecule has 3 rings (SSSR count). The van der Waals surface area contributed by atoms with E-state index in [1.165, 1.54) is 4.90 Å². The lowest BCUT2D eigenvalue weighted by Crippen LogP contribution is -2.33. The van der Waals surface area contributed by atoms with Crippen LogP contribution in [0.25, 0.3) is 0 Å². The molecule has 0 bridgehead atoms. The second-order valence-corrected chi connectivity index (χ2v) is 5.70. The molecule has 2 aliphatic heterocycles. The topological polar surface area (TPSA) is 40.6 Å². The third kappa shape index (κ3) is 1.74. The molecule has 2 aliphatic rings. The first-order chi connectivity index (χ1) is 9.00. The van der Waals surface area contributed by atoms with Gasteiger partial charge in [-0.25, -0.2) is 9.69 Å². The zero-order valence-corrected chi connectivity index (χ0v) is 11.6. The summed E-state index contributed by atoms with van der Waals surface area (Å²) >= 11 is 6.07. The van der Waals surface area contributed by atoms with E-state index >= 15 is 0 Å². The summed E-state index contributed by atoms with van der Waals surface area (Å²) in [7, 11) is 0. The molecule has 1 aromatic rings. The van der Waals surface area contributed by atoms with Crippen LogP contribution in [0.3, 0.4) is 0 Å². The quantitative estimate of drug-likeness (QED) is 0.741. The summed E-state index contributed by atoms with van der Waals surface area (Å²) in [6.07, 6.45) is 0.893. The number of rotatable bonds is 1. The molecule has 2 saturated heterocycles. The first-order valence-corrected chi connectivity index (χ1v) is 6.79. The Bertz CT molecular complexity index is 573. The molecular weight excluding hydrogens is 264 g/mol. The van der Waals surface area contributed by atoms with Crippen LogP contribution in [0.5, 0.6) is 0 Å². The maximum absolute atomic E-state index is 12.4. The maximum Gasteiger partial charge on any atom is 0.332 e. The number of aryl methyl sites for hydroxylation is 1. The SMILES string of the molecule is Cc1ccc(N2C(=O)C3C(C)CCN3C2=O)cc1Cl. The average Bonchev–Trinajstić information content (AvgIpc) is 2.85. The van der Waals surface area contributed by atoms with Gasteiger partial charge in [-0.3, -0.25) is 4.79 Å². The molecule has 2 atom stereocenters. The van der Waals surface area contributed by atoms with Gasteiger partial charge in [-0.2, -0.15) is 0 Å². The van der Waals surface area contributed by atoms with Crippen molar-refractivity contribution >= 4 is 29.2 Å². The van der Waals surface area contributed by atoms with Gasteiger partial charge in [0.25, 0.3) is 5.91 Å². The number of hydrogen-bond acceptors (Lipinski definition) is 2. The number of halogens is 1. The van der Waals surface area contributed by atoms with Gasteiger partial charge in [0, 0.05) is 11.6 Å². The van der Waals surface area contributed by atoms with E-state index in [4.69, 9.17) is 11.6 Å². The van der Waals surface area contributed by atoms with Crippen LogP contribution in [0.2, 0.25) is 5.02 Å². The van der Waals surface area contributed by atoms with Gasteiger partial charge >= 0.3 is 6.03 Å². The van der Waals surface area contributed by atoms with Crippen molar-refractivity contribution in [1.82, 2.24) is 4.90 Å². The fourth-order valence-electron chi connectivity index (χ4n) is 2.85. The van der Waals surface area contributed by atoms with E-state index in [2.05, 4.69) is 0 Å². The van der Waals surface area contributed by atoms with Crippen LogP contribution in [0.15, 0.2) is 18.2 Å². The van der Waals surface area contributed by atoms with Gasteiger partial charge in [0.15, 0.2) is 0 Å². The maximum atomic E-state index is 12.4. The molecule has 3 amide bonds. The van der Waals surface area contributed by atoms with Gasteiger partial charge in [0.2, 0.25) is 0 Å². The fraction of sp³-hybridized carbons (Fsp3) is 0.429. The summed E-state index contributed by atoms with van der Waals surface area (Å²) in [6, 6.07) is 4.75. The molecule has 4 nitrogen and oxygen atoms in total. The largest absolute Gasteiger partial charge is 0.332 e. The van der Waals surface area contributed by atoms with E-state index < -0.39 is 0 Å².